The Morgan fingerprint density at radius 3 is 2.30 bits per heavy atom. The molecule has 0 fully saturated rings. The Morgan fingerprint density at radius 1 is 0.936 bits per heavy atom. The first-order valence-electron chi connectivity index (χ1n) is 14.6. The van der Waals surface area contributed by atoms with Crippen LogP contribution in [0, 0.1) is 13.8 Å². The van der Waals surface area contributed by atoms with Crippen molar-refractivity contribution >= 4 is 35.8 Å². The van der Waals surface area contributed by atoms with Crippen LogP contribution in [0.15, 0.2) is 66.9 Å². The van der Waals surface area contributed by atoms with Crippen LogP contribution in [0.3, 0.4) is 0 Å². The molecule has 1 aromatic heterocycles. The van der Waals surface area contributed by atoms with Gasteiger partial charge in [-0.1, -0.05) is 42.5 Å². The van der Waals surface area contributed by atoms with Gasteiger partial charge in [0.25, 0.3) is 5.91 Å². The standard InChI is InChI=1S/C36H36FN3O7/c1-21-23(14-29(37)24-12-13-25(33(15-24)45-3)17-39-32(20-42)36(44)47-5)8-6-9-27(21)28-10-7-11-30(22(28)2)40-35(43)31-16-34(46-4)26(19-41)18-38-31/h6-16,18-19,32,39,42H,17,20H2,1-5H3,(H,40,43)/b29-14-/t32-/m1/s1. The molecule has 0 aliphatic carbocycles. The molecule has 0 aliphatic rings. The minimum absolute atomic E-state index is 0.0903. The molecule has 1 atom stereocenters. The van der Waals surface area contributed by atoms with Crippen molar-refractivity contribution in [3.63, 3.8) is 0 Å². The fraction of sp³-hybridized carbons (Fsp3) is 0.222. The number of pyridine rings is 1. The van der Waals surface area contributed by atoms with Gasteiger partial charge in [-0.25, -0.2) is 4.39 Å². The number of amides is 1. The summed E-state index contributed by atoms with van der Waals surface area (Å²) < 4.78 is 31.0. The van der Waals surface area contributed by atoms with Crippen LogP contribution in [-0.2, 0) is 16.1 Å². The van der Waals surface area contributed by atoms with Crippen LogP contribution in [0.2, 0.25) is 0 Å². The maximum Gasteiger partial charge on any atom is 0.325 e. The Morgan fingerprint density at radius 2 is 1.64 bits per heavy atom. The average Bonchev–Trinajstić information content (AvgIpc) is 3.09. The van der Waals surface area contributed by atoms with Gasteiger partial charge in [-0.05, 0) is 59.9 Å². The second-order valence-electron chi connectivity index (χ2n) is 10.5. The number of esters is 1. The van der Waals surface area contributed by atoms with Crippen molar-refractivity contribution in [3.8, 4) is 22.6 Å². The van der Waals surface area contributed by atoms with Crippen LogP contribution in [0.5, 0.6) is 11.5 Å². The van der Waals surface area contributed by atoms with E-state index in [2.05, 4.69) is 20.4 Å². The van der Waals surface area contributed by atoms with Gasteiger partial charge in [-0.15, -0.1) is 0 Å². The number of aliphatic hydroxyl groups excluding tert-OH is 1. The molecule has 4 aromatic rings. The number of rotatable bonds is 13. The zero-order valence-corrected chi connectivity index (χ0v) is 26.7. The number of methoxy groups -OCH3 is 3. The zero-order chi connectivity index (χ0) is 34.1. The molecule has 10 nitrogen and oxygen atoms in total. The molecule has 0 bridgehead atoms. The fourth-order valence-corrected chi connectivity index (χ4v) is 5.04. The van der Waals surface area contributed by atoms with E-state index < -0.39 is 30.4 Å². The molecule has 0 saturated heterocycles. The maximum atomic E-state index is 15.7. The first-order valence-corrected chi connectivity index (χ1v) is 14.6. The highest BCUT2D eigenvalue weighted by atomic mass is 19.1. The lowest BCUT2D eigenvalue weighted by atomic mass is 9.92. The molecular weight excluding hydrogens is 605 g/mol. The summed E-state index contributed by atoms with van der Waals surface area (Å²) in [5.41, 5.74) is 5.86. The van der Waals surface area contributed by atoms with Crippen LogP contribution in [0.1, 0.15) is 48.7 Å². The van der Waals surface area contributed by atoms with E-state index in [0.717, 1.165) is 22.3 Å². The molecule has 4 rings (SSSR count). The molecule has 11 heteroatoms. The Balaban J connectivity index is 1.59. The maximum absolute atomic E-state index is 15.7. The van der Waals surface area contributed by atoms with Crippen molar-refractivity contribution in [2.75, 3.05) is 33.3 Å². The number of aldehydes is 1. The normalized spacial score (nSPS) is 11.9. The molecule has 1 amide bonds. The lowest BCUT2D eigenvalue weighted by Crippen LogP contribution is -2.40. The summed E-state index contributed by atoms with van der Waals surface area (Å²) in [4.78, 5) is 40.1. The van der Waals surface area contributed by atoms with E-state index in [0.29, 0.717) is 34.4 Å². The topological polar surface area (TPSA) is 136 Å². The Labute approximate surface area is 272 Å². The number of halogens is 1. The second kappa shape index (κ2) is 15.7. The third-order valence-electron chi connectivity index (χ3n) is 7.77. The van der Waals surface area contributed by atoms with Gasteiger partial charge in [0.1, 0.15) is 29.1 Å². The summed E-state index contributed by atoms with van der Waals surface area (Å²) in [6, 6.07) is 16.5. The number of nitrogens with one attached hydrogen (secondary N) is 2. The highest BCUT2D eigenvalue weighted by molar-refractivity contribution is 6.04. The van der Waals surface area contributed by atoms with Crippen molar-refractivity contribution in [2.45, 2.75) is 26.4 Å². The number of aromatic nitrogens is 1. The van der Waals surface area contributed by atoms with Crippen molar-refractivity contribution in [2.24, 2.45) is 0 Å². The van der Waals surface area contributed by atoms with E-state index in [-0.39, 0.29) is 23.6 Å². The van der Waals surface area contributed by atoms with Crippen molar-refractivity contribution in [3.05, 3.63) is 106 Å². The van der Waals surface area contributed by atoms with Gasteiger partial charge in [0.05, 0.1) is 33.5 Å². The van der Waals surface area contributed by atoms with Gasteiger partial charge in [0.15, 0.2) is 6.29 Å². The van der Waals surface area contributed by atoms with Gasteiger partial charge in [-0.3, -0.25) is 24.7 Å². The average molecular weight is 642 g/mol. The highest BCUT2D eigenvalue weighted by Crippen LogP contribution is 2.34. The van der Waals surface area contributed by atoms with Crippen LogP contribution < -0.4 is 20.1 Å². The van der Waals surface area contributed by atoms with Crippen LogP contribution in [0.4, 0.5) is 10.1 Å². The van der Waals surface area contributed by atoms with E-state index in [4.69, 9.17) is 9.47 Å². The summed E-state index contributed by atoms with van der Waals surface area (Å²) in [5.74, 6) is -0.885. The number of nitrogens with zero attached hydrogens (tertiary/aromatic N) is 1. The number of aliphatic hydroxyl groups is 1. The molecule has 0 aliphatic heterocycles. The third-order valence-corrected chi connectivity index (χ3v) is 7.77. The predicted octanol–water partition coefficient (Wildman–Crippen LogP) is 5.54. The molecule has 0 radical (unpaired) electrons. The molecule has 0 unspecified atom stereocenters. The van der Waals surface area contributed by atoms with Gasteiger partial charge in [-0.2, -0.15) is 0 Å². The van der Waals surface area contributed by atoms with Crippen molar-refractivity contribution < 1.29 is 38.1 Å². The smallest absolute Gasteiger partial charge is 0.325 e. The first kappa shape index (κ1) is 34.5. The summed E-state index contributed by atoms with van der Waals surface area (Å²) in [7, 11) is 4.12. The highest BCUT2D eigenvalue weighted by Gasteiger charge is 2.19. The predicted molar refractivity (Wildman–Crippen MR) is 177 cm³/mol. The van der Waals surface area contributed by atoms with Gasteiger partial charge in [0, 0.05) is 35.6 Å². The number of benzene rings is 3. The van der Waals surface area contributed by atoms with Crippen LogP contribution in [-0.4, -0.2) is 62.2 Å². The molecule has 47 heavy (non-hydrogen) atoms. The van der Waals surface area contributed by atoms with Crippen LogP contribution >= 0.6 is 0 Å². The van der Waals surface area contributed by atoms with E-state index in [1.807, 2.05) is 44.2 Å². The second-order valence-corrected chi connectivity index (χ2v) is 10.5. The van der Waals surface area contributed by atoms with Crippen molar-refractivity contribution in [1.29, 1.82) is 0 Å². The summed E-state index contributed by atoms with van der Waals surface area (Å²) in [6.45, 7) is 3.53. The number of carbonyl (C=O) groups excluding carboxylic acids is 3. The van der Waals surface area contributed by atoms with Gasteiger partial charge >= 0.3 is 5.97 Å². The molecule has 0 spiro atoms. The summed E-state index contributed by atoms with van der Waals surface area (Å²) >= 11 is 0. The first-order chi connectivity index (χ1) is 22.6. The summed E-state index contributed by atoms with van der Waals surface area (Å²) in [5, 5.41) is 15.3. The number of hydrogen-bond acceptors (Lipinski definition) is 9. The number of hydrogen-bond donors (Lipinski definition) is 3. The number of ether oxygens (including phenoxy) is 3. The molecular formula is C36H36FN3O7. The van der Waals surface area contributed by atoms with Gasteiger partial charge in [0.2, 0.25) is 0 Å². The lowest BCUT2D eigenvalue weighted by molar-refractivity contribution is -0.144. The van der Waals surface area contributed by atoms with Crippen molar-refractivity contribution in [1.82, 2.24) is 10.3 Å². The number of carbonyl (C=O) groups is 3. The molecule has 244 valence electrons. The number of anilines is 1. The SMILES string of the molecule is COC(=O)[C@@H](CO)NCc1ccc(/C(F)=C/c2cccc(-c3cccc(NC(=O)c4cc(OC)c(C=O)cn4)c3C)c2C)cc1OC. The molecule has 3 N–H and O–H groups in total. The largest absolute Gasteiger partial charge is 0.496 e. The third kappa shape index (κ3) is 7.89. The monoisotopic (exact) mass is 641 g/mol. The van der Waals surface area contributed by atoms with E-state index >= 15 is 4.39 Å². The van der Waals surface area contributed by atoms with E-state index in [1.54, 1.807) is 24.3 Å². The van der Waals surface area contributed by atoms with E-state index in [1.165, 1.54) is 39.7 Å². The Kier molecular flexibility index (Phi) is 11.6. The minimum Gasteiger partial charge on any atom is -0.496 e. The molecule has 3 aromatic carbocycles. The molecule has 1 heterocycles. The minimum atomic E-state index is -0.903. The van der Waals surface area contributed by atoms with Gasteiger partial charge < -0.3 is 24.6 Å². The molecule has 0 saturated carbocycles. The lowest BCUT2D eigenvalue weighted by Gasteiger charge is -2.16. The fourth-order valence-electron chi connectivity index (χ4n) is 5.04. The summed E-state index contributed by atoms with van der Waals surface area (Å²) in [6.07, 6.45) is 3.34. The van der Waals surface area contributed by atoms with E-state index in [9.17, 15) is 19.5 Å². The van der Waals surface area contributed by atoms with Crippen LogP contribution in [0.25, 0.3) is 23.0 Å². The zero-order valence-electron chi connectivity index (χ0n) is 26.7. The Bertz CT molecular complexity index is 1820. The quantitative estimate of drug-likeness (QED) is 0.0977. The Hall–Kier alpha value is -5.39.